The molecule has 3 rings (SSSR count). The second kappa shape index (κ2) is 7.31. The SMILES string of the molecule is CS(=O)(=O)c1ccc(OC2CCN(C3CCN(C#N)CC3)C2=O)c(F)c1F. The van der Waals surface area contributed by atoms with Crippen molar-refractivity contribution < 1.29 is 26.7 Å². The minimum absolute atomic E-state index is 0.00936. The number of hydrogen-bond donors (Lipinski definition) is 0. The van der Waals surface area contributed by atoms with Crippen LogP contribution in [0.15, 0.2) is 17.0 Å². The first-order chi connectivity index (χ1) is 12.7. The van der Waals surface area contributed by atoms with E-state index in [9.17, 15) is 22.0 Å². The third kappa shape index (κ3) is 3.83. The van der Waals surface area contributed by atoms with E-state index in [-0.39, 0.29) is 11.9 Å². The summed E-state index contributed by atoms with van der Waals surface area (Å²) in [6.07, 6.45) is 3.57. The van der Waals surface area contributed by atoms with E-state index in [1.165, 1.54) is 0 Å². The van der Waals surface area contributed by atoms with Crippen LogP contribution in [0, 0.1) is 23.1 Å². The monoisotopic (exact) mass is 399 g/mol. The van der Waals surface area contributed by atoms with Crippen molar-refractivity contribution >= 4 is 15.7 Å². The quantitative estimate of drug-likeness (QED) is 0.709. The largest absolute Gasteiger partial charge is 0.477 e. The van der Waals surface area contributed by atoms with Crippen molar-refractivity contribution in [1.29, 1.82) is 5.26 Å². The Labute approximate surface area is 156 Å². The van der Waals surface area contributed by atoms with Crippen molar-refractivity contribution in [3.63, 3.8) is 0 Å². The number of likely N-dealkylation sites (tertiary alicyclic amines) is 2. The average molecular weight is 399 g/mol. The van der Waals surface area contributed by atoms with E-state index in [0.29, 0.717) is 38.9 Å². The summed E-state index contributed by atoms with van der Waals surface area (Å²) in [7, 11) is -3.91. The summed E-state index contributed by atoms with van der Waals surface area (Å²) in [4.78, 5) is 15.1. The van der Waals surface area contributed by atoms with Crippen LogP contribution in [0.2, 0.25) is 0 Å². The van der Waals surface area contributed by atoms with Gasteiger partial charge >= 0.3 is 0 Å². The van der Waals surface area contributed by atoms with Crippen LogP contribution in [0.1, 0.15) is 19.3 Å². The van der Waals surface area contributed by atoms with E-state index in [1.807, 2.05) is 0 Å². The number of benzene rings is 1. The first-order valence-electron chi connectivity index (χ1n) is 8.52. The zero-order valence-electron chi connectivity index (χ0n) is 14.7. The molecule has 2 aliphatic heterocycles. The number of rotatable bonds is 4. The predicted molar refractivity (Wildman–Crippen MR) is 90.4 cm³/mol. The van der Waals surface area contributed by atoms with E-state index < -0.39 is 38.2 Å². The van der Waals surface area contributed by atoms with Gasteiger partial charge in [-0.2, -0.15) is 9.65 Å². The zero-order chi connectivity index (χ0) is 19.8. The fourth-order valence-electron chi connectivity index (χ4n) is 3.47. The van der Waals surface area contributed by atoms with E-state index in [1.54, 1.807) is 9.80 Å². The Morgan fingerprint density at radius 3 is 2.41 bits per heavy atom. The van der Waals surface area contributed by atoms with Crippen LogP contribution in [-0.2, 0) is 14.6 Å². The molecular formula is C17H19F2N3O4S. The molecule has 1 atom stereocenters. The van der Waals surface area contributed by atoms with Crippen LogP contribution in [-0.4, -0.2) is 62.2 Å². The number of carbonyl (C=O) groups is 1. The molecule has 10 heteroatoms. The standard InChI is InChI=1S/C17H19F2N3O4S/c1-27(24,25)14-3-2-12(15(18)16(14)19)26-13-6-9-22(17(13)23)11-4-7-21(10-20)8-5-11/h2-3,11,13H,4-9H2,1H3. The Hall–Kier alpha value is -2.41. The van der Waals surface area contributed by atoms with Gasteiger partial charge in [0.15, 0.2) is 33.7 Å². The van der Waals surface area contributed by atoms with Crippen molar-refractivity contribution in [3.05, 3.63) is 23.8 Å². The molecule has 0 aliphatic carbocycles. The molecule has 2 aliphatic rings. The second-order valence-corrected chi connectivity index (χ2v) is 8.69. The molecule has 0 spiro atoms. The summed E-state index contributed by atoms with van der Waals surface area (Å²) in [5.74, 6) is -3.73. The first kappa shape index (κ1) is 19.4. The van der Waals surface area contributed by atoms with E-state index >= 15 is 0 Å². The summed E-state index contributed by atoms with van der Waals surface area (Å²) in [5, 5.41) is 8.89. The molecule has 7 nitrogen and oxygen atoms in total. The summed E-state index contributed by atoms with van der Waals surface area (Å²) < 4.78 is 56.4. The number of amides is 1. The lowest BCUT2D eigenvalue weighted by Gasteiger charge is -2.34. The second-order valence-electron chi connectivity index (χ2n) is 6.71. The molecule has 146 valence electrons. The summed E-state index contributed by atoms with van der Waals surface area (Å²) in [5.41, 5.74) is 0. The maximum atomic E-state index is 14.2. The summed E-state index contributed by atoms with van der Waals surface area (Å²) in [6, 6.07) is 1.94. The molecule has 1 aromatic rings. The number of nitriles is 1. The molecule has 0 bridgehead atoms. The van der Waals surface area contributed by atoms with E-state index in [2.05, 4.69) is 6.19 Å². The van der Waals surface area contributed by atoms with Gasteiger partial charge in [-0.15, -0.1) is 0 Å². The van der Waals surface area contributed by atoms with Crippen molar-refractivity contribution in [2.24, 2.45) is 0 Å². The van der Waals surface area contributed by atoms with Crippen LogP contribution in [0.5, 0.6) is 5.75 Å². The Morgan fingerprint density at radius 2 is 1.81 bits per heavy atom. The van der Waals surface area contributed by atoms with Crippen LogP contribution in [0.4, 0.5) is 8.78 Å². The van der Waals surface area contributed by atoms with Gasteiger partial charge in [-0.25, -0.2) is 12.8 Å². The molecule has 27 heavy (non-hydrogen) atoms. The number of ether oxygens (including phenoxy) is 1. The van der Waals surface area contributed by atoms with Gasteiger partial charge in [0.25, 0.3) is 5.91 Å². The minimum Gasteiger partial charge on any atom is -0.477 e. The van der Waals surface area contributed by atoms with Crippen LogP contribution < -0.4 is 4.74 Å². The number of carbonyl (C=O) groups excluding carboxylic acids is 1. The van der Waals surface area contributed by atoms with Gasteiger partial charge in [-0.1, -0.05) is 0 Å². The molecule has 0 saturated carbocycles. The fraction of sp³-hybridized carbons (Fsp3) is 0.529. The smallest absolute Gasteiger partial charge is 0.263 e. The van der Waals surface area contributed by atoms with Crippen LogP contribution in [0.3, 0.4) is 0 Å². The van der Waals surface area contributed by atoms with Gasteiger partial charge in [0, 0.05) is 38.4 Å². The molecule has 1 unspecified atom stereocenters. The maximum Gasteiger partial charge on any atom is 0.263 e. The number of nitrogens with zero attached hydrogens (tertiary/aromatic N) is 3. The Kier molecular flexibility index (Phi) is 5.24. The number of hydrogen-bond acceptors (Lipinski definition) is 6. The number of halogens is 2. The molecule has 0 radical (unpaired) electrons. The Morgan fingerprint density at radius 1 is 1.15 bits per heavy atom. The molecule has 0 N–H and O–H groups in total. The maximum absolute atomic E-state index is 14.2. The normalized spacial score (nSPS) is 21.4. The lowest BCUT2D eigenvalue weighted by atomic mass is 10.0. The molecule has 0 aromatic heterocycles. The van der Waals surface area contributed by atoms with Gasteiger partial charge < -0.3 is 14.5 Å². The van der Waals surface area contributed by atoms with Crippen LogP contribution >= 0.6 is 0 Å². The Bertz CT molecular complexity index is 892. The highest BCUT2D eigenvalue weighted by Crippen LogP contribution is 2.29. The highest BCUT2D eigenvalue weighted by Gasteiger charge is 2.39. The van der Waals surface area contributed by atoms with Crippen molar-refractivity contribution in [3.8, 4) is 11.9 Å². The third-order valence-electron chi connectivity index (χ3n) is 4.92. The first-order valence-corrected chi connectivity index (χ1v) is 10.4. The number of sulfone groups is 1. The molecule has 1 aromatic carbocycles. The molecule has 2 fully saturated rings. The van der Waals surface area contributed by atoms with Gasteiger partial charge in [-0.3, -0.25) is 4.79 Å². The molecule has 2 heterocycles. The fourth-order valence-corrected chi connectivity index (χ4v) is 4.20. The molecule has 2 saturated heterocycles. The topological polar surface area (TPSA) is 90.7 Å². The van der Waals surface area contributed by atoms with E-state index in [0.717, 1.165) is 18.4 Å². The predicted octanol–water partition coefficient (Wildman–Crippen LogP) is 1.29. The lowest BCUT2D eigenvalue weighted by molar-refractivity contribution is -0.136. The van der Waals surface area contributed by atoms with Gasteiger partial charge in [-0.05, 0) is 25.0 Å². The summed E-state index contributed by atoms with van der Waals surface area (Å²) in [6.45, 7) is 1.58. The van der Waals surface area contributed by atoms with Crippen molar-refractivity contribution in [1.82, 2.24) is 9.80 Å². The Balaban J connectivity index is 1.70. The highest BCUT2D eigenvalue weighted by atomic mass is 32.2. The van der Waals surface area contributed by atoms with Crippen molar-refractivity contribution in [2.45, 2.75) is 36.3 Å². The van der Waals surface area contributed by atoms with Gasteiger partial charge in [0.1, 0.15) is 4.90 Å². The lowest BCUT2D eigenvalue weighted by Crippen LogP contribution is -2.45. The van der Waals surface area contributed by atoms with Crippen molar-refractivity contribution in [2.75, 3.05) is 25.9 Å². The highest BCUT2D eigenvalue weighted by molar-refractivity contribution is 7.90. The van der Waals surface area contributed by atoms with Gasteiger partial charge in [0.05, 0.1) is 0 Å². The van der Waals surface area contributed by atoms with Crippen LogP contribution in [0.25, 0.3) is 0 Å². The molecular weight excluding hydrogens is 380 g/mol. The van der Waals surface area contributed by atoms with E-state index in [4.69, 9.17) is 10.00 Å². The molecule has 1 amide bonds. The average Bonchev–Trinajstić information content (AvgIpc) is 2.98. The van der Waals surface area contributed by atoms with Gasteiger partial charge in [0.2, 0.25) is 5.82 Å². The number of piperidine rings is 1. The zero-order valence-corrected chi connectivity index (χ0v) is 15.5. The summed E-state index contributed by atoms with van der Waals surface area (Å²) >= 11 is 0. The minimum atomic E-state index is -3.91. The third-order valence-corrected chi connectivity index (χ3v) is 6.03.